The average Bonchev–Trinajstić information content (AvgIpc) is 2.50. The number of nitrogens with zero attached hydrogens (tertiary/aromatic N) is 1. The van der Waals surface area contributed by atoms with Crippen LogP contribution in [0.5, 0.6) is 0 Å². The Balaban J connectivity index is 1.79. The highest BCUT2D eigenvalue weighted by Gasteiger charge is 2.33. The molecule has 0 saturated heterocycles. The van der Waals surface area contributed by atoms with E-state index < -0.39 is 0 Å². The molecule has 122 valence electrons. The molecule has 1 N–H and O–H groups in total. The molecule has 2 rings (SSSR count). The first-order valence-electron chi connectivity index (χ1n) is 8.42. The molecular weight excluding hydrogens is 272 g/mol. The SMILES string of the molecule is C[C@H](CC(=O)N[C@H]1CC[C@](C)(N(C)C)CC1)c1ccccc1. The number of hydrogen-bond donors (Lipinski definition) is 1. The Bertz CT molecular complexity index is 475. The molecule has 0 aromatic heterocycles. The molecule has 22 heavy (non-hydrogen) atoms. The van der Waals surface area contributed by atoms with Gasteiger partial charge in [0.15, 0.2) is 0 Å². The second-order valence-corrected chi connectivity index (χ2v) is 7.25. The summed E-state index contributed by atoms with van der Waals surface area (Å²) in [5.41, 5.74) is 1.53. The lowest BCUT2D eigenvalue weighted by atomic mass is 9.80. The maximum Gasteiger partial charge on any atom is 0.220 e. The van der Waals surface area contributed by atoms with E-state index in [1.165, 1.54) is 5.56 Å². The van der Waals surface area contributed by atoms with Gasteiger partial charge in [-0.1, -0.05) is 37.3 Å². The maximum absolute atomic E-state index is 12.3. The number of carbonyl (C=O) groups excluding carboxylic acids is 1. The molecule has 3 nitrogen and oxygen atoms in total. The Morgan fingerprint density at radius 2 is 1.86 bits per heavy atom. The van der Waals surface area contributed by atoms with Crippen molar-refractivity contribution in [2.75, 3.05) is 14.1 Å². The van der Waals surface area contributed by atoms with Crippen LogP contribution in [0.2, 0.25) is 0 Å². The Hall–Kier alpha value is -1.35. The summed E-state index contributed by atoms with van der Waals surface area (Å²) in [6, 6.07) is 10.6. The summed E-state index contributed by atoms with van der Waals surface area (Å²) in [6.45, 7) is 4.45. The van der Waals surface area contributed by atoms with Crippen LogP contribution < -0.4 is 5.32 Å². The van der Waals surface area contributed by atoms with Crippen LogP contribution in [0.4, 0.5) is 0 Å². The third-order valence-electron chi connectivity index (χ3n) is 5.37. The number of benzene rings is 1. The second-order valence-electron chi connectivity index (χ2n) is 7.25. The van der Waals surface area contributed by atoms with Gasteiger partial charge >= 0.3 is 0 Å². The molecule has 1 atom stereocenters. The fraction of sp³-hybridized carbons (Fsp3) is 0.632. The first kappa shape index (κ1) is 17.0. The molecule has 0 heterocycles. The van der Waals surface area contributed by atoms with E-state index in [4.69, 9.17) is 0 Å². The van der Waals surface area contributed by atoms with Gasteiger partial charge in [-0.3, -0.25) is 4.79 Å². The molecule has 0 aliphatic heterocycles. The molecule has 3 heteroatoms. The van der Waals surface area contributed by atoms with Crippen molar-refractivity contribution in [2.45, 2.75) is 63.5 Å². The zero-order chi connectivity index (χ0) is 16.2. The molecule has 0 spiro atoms. The van der Waals surface area contributed by atoms with E-state index >= 15 is 0 Å². The smallest absolute Gasteiger partial charge is 0.220 e. The van der Waals surface area contributed by atoms with E-state index in [0.717, 1.165) is 25.7 Å². The van der Waals surface area contributed by atoms with Gasteiger partial charge in [-0.25, -0.2) is 0 Å². The summed E-state index contributed by atoms with van der Waals surface area (Å²) in [7, 11) is 4.31. The van der Waals surface area contributed by atoms with E-state index in [1.807, 2.05) is 18.2 Å². The van der Waals surface area contributed by atoms with Crippen molar-refractivity contribution in [3.63, 3.8) is 0 Å². The molecule has 1 aromatic carbocycles. The highest BCUT2D eigenvalue weighted by Crippen LogP contribution is 2.32. The summed E-state index contributed by atoms with van der Waals surface area (Å²) in [5, 5.41) is 3.24. The van der Waals surface area contributed by atoms with Gasteiger partial charge < -0.3 is 10.2 Å². The fourth-order valence-corrected chi connectivity index (χ4v) is 3.30. The van der Waals surface area contributed by atoms with Gasteiger partial charge in [-0.2, -0.15) is 0 Å². The minimum atomic E-state index is 0.190. The predicted octanol–water partition coefficient (Wildman–Crippen LogP) is 3.56. The van der Waals surface area contributed by atoms with Crippen molar-refractivity contribution in [2.24, 2.45) is 0 Å². The van der Waals surface area contributed by atoms with Crippen LogP contribution in [0.25, 0.3) is 0 Å². The summed E-state index contributed by atoms with van der Waals surface area (Å²) in [5.74, 6) is 0.464. The minimum absolute atomic E-state index is 0.190. The topological polar surface area (TPSA) is 32.3 Å². The molecule has 1 fully saturated rings. The third-order valence-corrected chi connectivity index (χ3v) is 5.37. The van der Waals surface area contributed by atoms with Crippen molar-refractivity contribution in [1.29, 1.82) is 0 Å². The van der Waals surface area contributed by atoms with E-state index in [0.29, 0.717) is 18.0 Å². The predicted molar refractivity (Wildman–Crippen MR) is 92.0 cm³/mol. The van der Waals surface area contributed by atoms with Crippen LogP contribution in [0.15, 0.2) is 30.3 Å². The van der Waals surface area contributed by atoms with E-state index in [1.54, 1.807) is 0 Å². The van der Waals surface area contributed by atoms with Gasteiger partial charge in [0.05, 0.1) is 0 Å². The number of hydrogen-bond acceptors (Lipinski definition) is 2. The molecule has 1 aromatic rings. The molecule has 1 saturated carbocycles. The number of rotatable bonds is 5. The highest BCUT2D eigenvalue weighted by atomic mass is 16.1. The van der Waals surface area contributed by atoms with Gasteiger partial charge in [0, 0.05) is 18.0 Å². The van der Waals surface area contributed by atoms with Crippen LogP contribution in [-0.2, 0) is 4.79 Å². The standard InChI is InChI=1S/C19H30N2O/c1-15(16-8-6-5-7-9-16)14-18(22)20-17-10-12-19(2,13-11-17)21(3)4/h5-9,15,17H,10-14H2,1-4H3,(H,20,22)/t15-,17-,19-/m1/s1. The summed E-state index contributed by atoms with van der Waals surface area (Å²) >= 11 is 0. The van der Waals surface area contributed by atoms with Crippen molar-refractivity contribution in [1.82, 2.24) is 10.2 Å². The highest BCUT2D eigenvalue weighted by molar-refractivity contribution is 5.77. The summed E-state index contributed by atoms with van der Waals surface area (Å²) in [6.07, 6.45) is 5.05. The zero-order valence-electron chi connectivity index (χ0n) is 14.4. The Morgan fingerprint density at radius 1 is 1.27 bits per heavy atom. The van der Waals surface area contributed by atoms with Crippen molar-refractivity contribution < 1.29 is 4.79 Å². The molecular formula is C19H30N2O. The first-order valence-corrected chi connectivity index (χ1v) is 8.42. The number of amides is 1. The van der Waals surface area contributed by atoms with Crippen LogP contribution in [0.3, 0.4) is 0 Å². The van der Waals surface area contributed by atoms with E-state index in [9.17, 15) is 4.79 Å². The van der Waals surface area contributed by atoms with Gasteiger partial charge in [-0.05, 0) is 58.2 Å². The third kappa shape index (κ3) is 4.33. The van der Waals surface area contributed by atoms with Crippen molar-refractivity contribution in [3.05, 3.63) is 35.9 Å². The molecule has 1 aliphatic carbocycles. The normalized spacial score (nSPS) is 26.7. The Morgan fingerprint density at radius 3 is 2.41 bits per heavy atom. The average molecular weight is 302 g/mol. The van der Waals surface area contributed by atoms with E-state index in [-0.39, 0.29) is 11.8 Å². The first-order chi connectivity index (χ1) is 10.4. The molecule has 0 bridgehead atoms. The van der Waals surface area contributed by atoms with Gasteiger partial charge in [-0.15, -0.1) is 0 Å². The summed E-state index contributed by atoms with van der Waals surface area (Å²) in [4.78, 5) is 14.6. The van der Waals surface area contributed by atoms with Crippen LogP contribution in [0, 0.1) is 0 Å². The quantitative estimate of drug-likeness (QED) is 0.902. The Labute approximate surface area is 135 Å². The van der Waals surface area contributed by atoms with Crippen LogP contribution >= 0.6 is 0 Å². The molecule has 0 unspecified atom stereocenters. The lowest BCUT2D eigenvalue weighted by molar-refractivity contribution is -0.122. The lowest BCUT2D eigenvalue weighted by Gasteiger charge is -2.42. The zero-order valence-corrected chi connectivity index (χ0v) is 14.4. The van der Waals surface area contributed by atoms with Crippen LogP contribution in [0.1, 0.15) is 57.4 Å². The fourth-order valence-electron chi connectivity index (χ4n) is 3.30. The number of carbonyl (C=O) groups is 1. The minimum Gasteiger partial charge on any atom is -0.353 e. The van der Waals surface area contributed by atoms with Crippen molar-refractivity contribution >= 4 is 5.91 Å². The van der Waals surface area contributed by atoms with Crippen LogP contribution in [-0.4, -0.2) is 36.5 Å². The number of nitrogens with one attached hydrogen (secondary N) is 1. The Kier molecular flexibility index (Phi) is 5.63. The molecule has 1 aliphatic rings. The largest absolute Gasteiger partial charge is 0.353 e. The van der Waals surface area contributed by atoms with Gasteiger partial charge in [0.2, 0.25) is 5.91 Å². The van der Waals surface area contributed by atoms with Gasteiger partial charge in [0.25, 0.3) is 0 Å². The van der Waals surface area contributed by atoms with E-state index in [2.05, 4.69) is 50.3 Å². The molecule has 1 amide bonds. The van der Waals surface area contributed by atoms with Crippen molar-refractivity contribution in [3.8, 4) is 0 Å². The second kappa shape index (κ2) is 7.28. The maximum atomic E-state index is 12.3. The summed E-state index contributed by atoms with van der Waals surface area (Å²) < 4.78 is 0. The lowest BCUT2D eigenvalue weighted by Crippen LogP contribution is -2.48. The van der Waals surface area contributed by atoms with Gasteiger partial charge in [0.1, 0.15) is 0 Å². The molecule has 0 radical (unpaired) electrons. The monoisotopic (exact) mass is 302 g/mol.